The molecule has 0 bridgehead atoms. The number of hydrogen-bond donors (Lipinski definition) is 1. The molecule has 172 valence electrons. The molecule has 1 atom stereocenters. The molecule has 0 aliphatic rings. The van der Waals surface area contributed by atoms with Crippen LogP contribution in [0.3, 0.4) is 0 Å². The molecule has 1 aromatic carbocycles. The number of fused-ring (bicyclic) bond motifs is 1. The van der Waals surface area contributed by atoms with Crippen molar-refractivity contribution in [1.29, 1.82) is 0 Å². The minimum atomic E-state index is -0.146. The maximum atomic E-state index is 13.4. The van der Waals surface area contributed by atoms with E-state index in [4.69, 9.17) is 9.40 Å². The maximum Gasteiger partial charge on any atom is 0.265 e. The van der Waals surface area contributed by atoms with Crippen LogP contribution in [0.15, 0.2) is 68.7 Å². The largest absolute Gasteiger partial charge is 0.446 e. The van der Waals surface area contributed by atoms with Crippen molar-refractivity contribution >= 4 is 27.0 Å². The molecule has 0 aliphatic carbocycles. The van der Waals surface area contributed by atoms with Crippen molar-refractivity contribution in [2.75, 3.05) is 20.1 Å². The van der Waals surface area contributed by atoms with Gasteiger partial charge in [-0.3, -0.25) is 14.3 Å². The maximum absolute atomic E-state index is 13.4. The molecular weight excluding hydrogens is 484 g/mol. The van der Waals surface area contributed by atoms with Crippen LogP contribution in [0.1, 0.15) is 36.6 Å². The second-order valence-electron chi connectivity index (χ2n) is 7.79. The minimum Gasteiger partial charge on any atom is -0.446 e. The fourth-order valence-electron chi connectivity index (χ4n) is 3.95. The van der Waals surface area contributed by atoms with Gasteiger partial charge in [0, 0.05) is 36.5 Å². The lowest BCUT2D eigenvalue weighted by atomic mass is 10.1. The van der Waals surface area contributed by atoms with E-state index in [1.54, 1.807) is 29.1 Å². The lowest BCUT2D eigenvalue weighted by Crippen LogP contribution is -2.38. The predicted octanol–water partition coefficient (Wildman–Crippen LogP) is 3.76. The third-order valence-electron chi connectivity index (χ3n) is 5.61. The van der Waals surface area contributed by atoms with Gasteiger partial charge >= 0.3 is 0 Å². The first-order valence-corrected chi connectivity index (χ1v) is 11.8. The van der Waals surface area contributed by atoms with Crippen LogP contribution in [0.25, 0.3) is 11.1 Å². The molecule has 8 nitrogen and oxygen atoms in total. The van der Waals surface area contributed by atoms with Crippen molar-refractivity contribution < 1.29 is 4.42 Å². The number of rotatable bonds is 10. The van der Waals surface area contributed by atoms with Gasteiger partial charge in [-0.1, -0.05) is 35.0 Å². The molecule has 3 aromatic heterocycles. The molecule has 0 fully saturated rings. The second-order valence-corrected chi connectivity index (χ2v) is 8.71. The van der Waals surface area contributed by atoms with Gasteiger partial charge in [-0.15, -0.1) is 0 Å². The molecule has 1 unspecified atom stereocenters. The van der Waals surface area contributed by atoms with Gasteiger partial charge in [-0.2, -0.15) is 4.98 Å². The average molecular weight is 511 g/mol. The third kappa shape index (κ3) is 5.38. The zero-order valence-electron chi connectivity index (χ0n) is 18.7. The Labute approximate surface area is 200 Å². The summed E-state index contributed by atoms with van der Waals surface area (Å²) >= 11 is 3.51. The van der Waals surface area contributed by atoms with Crippen LogP contribution in [0.5, 0.6) is 0 Å². The quantitative estimate of drug-likeness (QED) is 0.347. The number of hydrogen-bond acceptors (Lipinski definition) is 7. The third-order valence-corrected chi connectivity index (χ3v) is 6.13. The summed E-state index contributed by atoms with van der Waals surface area (Å²) in [5.74, 6) is 1.22. The zero-order chi connectivity index (χ0) is 23.2. The Bertz CT molecular complexity index is 1240. The van der Waals surface area contributed by atoms with Gasteiger partial charge in [-0.05, 0) is 43.3 Å². The molecule has 9 heteroatoms. The number of likely N-dealkylation sites (N-methyl/N-ethyl adjacent to an activating group) is 1. The van der Waals surface area contributed by atoms with Crippen LogP contribution >= 0.6 is 15.9 Å². The van der Waals surface area contributed by atoms with Crippen molar-refractivity contribution in [3.8, 4) is 0 Å². The fraction of sp³-hybridized carbons (Fsp3) is 0.333. The first kappa shape index (κ1) is 23.3. The van der Waals surface area contributed by atoms with E-state index in [2.05, 4.69) is 55.2 Å². The standard InChI is InChI=1S/C24H27BrN6O2/c1-3-20(30(13-12-26-2)15-17-5-7-18(25)8-6-17)22-29-23-19(9-14-33-23)24(32)31(22)16-21-27-10-4-11-28-21/h4-11,14,20,26H,3,12-13,15-16H2,1-2H3. The highest BCUT2D eigenvalue weighted by Gasteiger charge is 2.26. The number of nitrogens with zero attached hydrogens (tertiary/aromatic N) is 5. The molecule has 1 N–H and O–H groups in total. The van der Waals surface area contributed by atoms with Crippen LogP contribution in [-0.4, -0.2) is 44.6 Å². The Morgan fingerprint density at radius 3 is 2.64 bits per heavy atom. The SMILES string of the molecule is CCC(c1nc2occc2c(=O)n1Cc1ncccn1)N(CCNC)Cc1ccc(Br)cc1. The molecule has 0 radical (unpaired) electrons. The molecule has 0 saturated heterocycles. The lowest BCUT2D eigenvalue weighted by molar-refractivity contribution is 0.172. The summed E-state index contributed by atoms with van der Waals surface area (Å²) in [6.07, 6.45) is 5.64. The van der Waals surface area contributed by atoms with Gasteiger partial charge in [0.15, 0.2) is 0 Å². The van der Waals surface area contributed by atoms with Gasteiger partial charge in [0.25, 0.3) is 5.56 Å². The molecule has 4 rings (SSSR count). The van der Waals surface area contributed by atoms with Crippen molar-refractivity contribution in [2.24, 2.45) is 0 Å². The summed E-state index contributed by atoms with van der Waals surface area (Å²) in [5, 5.41) is 3.70. The van der Waals surface area contributed by atoms with Crippen molar-refractivity contribution in [3.63, 3.8) is 0 Å². The van der Waals surface area contributed by atoms with E-state index in [1.165, 1.54) is 11.8 Å². The molecule has 0 aliphatic heterocycles. The Morgan fingerprint density at radius 1 is 1.18 bits per heavy atom. The van der Waals surface area contributed by atoms with Crippen LogP contribution in [0, 0.1) is 0 Å². The normalized spacial score (nSPS) is 12.5. The Kier molecular flexibility index (Phi) is 7.64. The minimum absolute atomic E-state index is 0.104. The average Bonchev–Trinajstić information content (AvgIpc) is 3.31. The van der Waals surface area contributed by atoms with Crippen LogP contribution < -0.4 is 10.9 Å². The van der Waals surface area contributed by atoms with Crippen LogP contribution in [-0.2, 0) is 13.1 Å². The van der Waals surface area contributed by atoms with Gasteiger partial charge in [-0.25, -0.2) is 9.97 Å². The number of halogens is 1. The molecule has 0 spiro atoms. The summed E-state index contributed by atoms with van der Waals surface area (Å²) in [5.41, 5.74) is 1.40. The van der Waals surface area contributed by atoms with Crippen LogP contribution in [0.2, 0.25) is 0 Å². The summed E-state index contributed by atoms with van der Waals surface area (Å²) in [6.45, 7) is 4.68. The smallest absolute Gasteiger partial charge is 0.265 e. The van der Waals surface area contributed by atoms with E-state index in [0.29, 0.717) is 22.7 Å². The topological polar surface area (TPSA) is 89.1 Å². The van der Waals surface area contributed by atoms with Crippen molar-refractivity contribution in [3.05, 3.63) is 87.1 Å². The van der Waals surface area contributed by atoms with Gasteiger partial charge in [0.2, 0.25) is 5.71 Å². The van der Waals surface area contributed by atoms with E-state index in [9.17, 15) is 4.79 Å². The monoisotopic (exact) mass is 510 g/mol. The number of furan rings is 1. The fourth-order valence-corrected chi connectivity index (χ4v) is 4.22. The molecule has 3 heterocycles. The zero-order valence-corrected chi connectivity index (χ0v) is 20.3. The molecule has 0 saturated carbocycles. The van der Waals surface area contributed by atoms with E-state index in [-0.39, 0.29) is 18.1 Å². The highest BCUT2D eigenvalue weighted by Crippen LogP contribution is 2.26. The molecule has 33 heavy (non-hydrogen) atoms. The van der Waals surface area contributed by atoms with E-state index in [0.717, 1.165) is 30.5 Å². The highest BCUT2D eigenvalue weighted by atomic mass is 79.9. The van der Waals surface area contributed by atoms with Gasteiger partial charge < -0.3 is 9.73 Å². The Morgan fingerprint density at radius 2 is 1.94 bits per heavy atom. The predicted molar refractivity (Wildman–Crippen MR) is 131 cm³/mol. The van der Waals surface area contributed by atoms with E-state index < -0.39 is 0 Å². The van der Waals surface area contributed by atoms with Crippen molar-refractivity contribution in [1.82, 2.24) is 29.7 Å². The van der Waals surface area contributed by atoms with E-state index in [1.807, 2.05) is 19.2 Å². The summed E-state index contributed by atoms with van der Waals surface area (Å²) in [6, 6.07) is 11.6. The lowest BCUT2D eigenvalue weighted by Gasteiger charge is -2.32. The molecule has 0 amide bonds. The number of aromatic nitrogens is 4. The molecular formula is C24H27BrN6O2. The Balaban J connectivity index is 1.78. The second kappa shape index (κ2) is 10.8. The summed E-state index contributed by atoms with van der Waals surface area (Å²) in [4.78, 5) is 29.3. The van der Waals surface area contributed by atoms with Gasteiger partial charge in [0.1, 0.15) is 17.0 Å². The first-order chi connectivity index (χ1) is 16.1. The summed E-state index contributed by atoms with van der Waals surface area (Å²) in [7, 11) is 1.94. The number of benzene rings is 1. The highest BCUT2D eigenvalue weighted by molar-refractivity contribution is 9.10. The van der Waals surface area contributed by atoms with Crippen LogP contribution in [0.4, 0.5) is 0 Å². The summed E-state index contributed by atoms with van der Waals surface area (Å²) < 4.78 is 8.27. The van der Waals surface area contributed by atoms with Crippen molar-refractivity contribution in [2.45, 2.75) is 32.5 Å². The first-order valence-electron chi connectivity index (χ1n) is 11.0. The van der Waals surface area contributed by atoms with E-state index >= 15 is 0 Å². The molecule has 4 aromatic rings. The number of nitrogens with one attached hydrogen (secondary N) is 1. The van der Waals surface area contributed by atoms with Gasteiger partial charge in [0.05, 0.1) is 18.8 Å². The Hall–Kier alpha value is -2.88.